The summed E-state index contributed by atoms with van der Waals surface area (Å²) in [7, 11) is -3.50. The molecule has 170 valence electrons. The zero-order chi connectivity index (χ0) is 22.7. The summed E-state index contributed by atoms with van der Waals surface area (Å²) in [5, 5.41) is 0.875. The normalized spacial score (nSPS) is 26.1. The quantitative estimate of drug-likeness (QED) is 0.639. The molecule has 32 heavy (non-hydrogen) atoms. The van der Waals surface area contributed by atoms with Gasteiger partial charge in [-0.2, -0.15) is 0 Å². The number of hydrogen-bond acceptors (Lipinski definition) is 8. The first-order chi connectivity index (χ1) is 15.2. The SMILES string of the molecule is CC1CC(C)(S(C)(=O)=O)c2nc(-c3ccnc4[nH]ccc34)nc(N3CCOC[C@H]3C)c2O1. The Balaban J connectivity index is 1.82. The molecular formula is C22H27N5O4S. The Bertz CT molecular complexity index is 1290. The van der Waals surface area contributed by atoms with E-state index in [0.29, 0.717) is 49.3 Å². The number of nitrogens with zero attached hydrogens (tertiary/aromatic N) is 4. The molecule has 2 aliphatic rings. The predicted molar refractivity (Wildman–Crippen MR) is 122 cm³/mol. The maximum atomic E-state index is 13.0. The van der Waals surface area contributed by atoms with E-state index in [1.807, 2.05) is 25.3 Å². The molecule has 3 atom stereocenters. The highest BCUT2D eigenvalue weighted by Gasteiger charge is 2.48. The van der Waals surface area contributed by atoms with E-state index in [1.165, 1.54) is 6.26 Å². The topological polar surface area (TPSA) is 110 Å². The molecule has 9 nitrogen and oxygen atoms in total. The first-order valence-electron chi connectivity index (χ1n) is 10.7. The van der Waals surface area contributed by atoms with Crippen LogP contribution in [-0.4, -0.2) is 66.5 Å². The smallest absolute Gasteiger partial charge is 0.185 e. The second kappa shape index (κ2) is 7.41. The molecule has 0 spiro atoms. The van der Waals surface area contributed by atoms with Crippen molar-refractivity contribution < 1.29 is 17.9 Å². The van der Waals surface area contributed by atoms with Gasteiger partial charge in [-0.1, -0.05) is 0 Å². The second-order valence-corrected chi connectivity index (χ2v) is 11.3. The number of H-pyrrole nitrogens is 1. The summed E-state index contributed by atoms with van der Waals surface area (Å²) in [5.74, 6) is 1.52. The predicted octanol–water partition coefficient (Wildman–Crippen LogP) is 2.68. The van der Waals surface area contributed by atoms with Crippen LogP contribution in [0.2, 0.25) is 0 Å². The summed E-state index contributed by atoms with van der Waals surface area (Å²) in [5.41, 5.74) is 1.92. The molecule has 3 aromatic rings. The van der Waals surface area contributed by atoms with E-state index in [4.69, 9.17) is 19.4 Å². The molecule has 2 aliphatic heterocycles. The van der Waals surface area contributed by atoms with E-state index < -0.39 is 14.6 Å². The first-order valence-corrected chi connectivity index (χ1v) is 12.6. The third kappa shape index (κ3) is 3.24. The maximum Gasteiger partial charge on any atom is 0.185 e. The van der Waals surface area contributed by atoms with Gasteiger partial charge in [-0.25, -0.2) is 23.4 Å². The van der Waals surface area contributed by atoms with Gasteiger partial charge in [0.05, 0.1) is 25.4 Å². The highest BCUT2D eigenvalue weighted by Crippen LogP contribution is 2.48. The van der Waals surface area contributed by atoms with Crippen molar-refractivity contribution >= 4 is 26.7 Å². The van der Waals surface area contributed by atoms with Gasteiger partial charge < -0.3 is 19.4 Å². The Morgan fingerprint density at radius 3 is 2.81 bits per heavy atom. The van der Waals surface area contributed by atoms with E-state index in [0.717, 1.165) is 16.6 Å². The third-order valence-corrected chi connectivity index (χ3v) is 8.50. The number of ether oxygens (including phenoxy) is 2. The van der Waals surface area contributed by atoms with Gasteiger partial charge in [0, 0.05) is 42.6 Å². The minimum atomic E-state index is -3.50. The van der Waals surface area contributed by atoms with Crippen molar-refractivity contribution in [2.24, 2.45) is 0 Å². The lowest BCUT2D eigenvalue weighted by Gasteiger charge is -2.40. The van der Waals surface area contributed by atoms with E-state index in [1.54, 1.807) is 13.1 Å². The van der Waals surface area contributed by atoms with Crippen molar-refractivity contribution in [1.29, 1.82) is 0 Å². The van der Waals surface area contributed by atoms with E-state index in [9.17, 15) is 8.42 Å². The number of aromatic amines is 1. The van der Waals surface area contributed by atoms with Crippen molar-refractivity contribution in [1.82, 2.24) is 19.9 Å². The van der Waals surface area contributed by atoms with Crippen LogP contribution in [0.1, 0.15) is 32.9 Å². The Morgan fingerprint density at radius 2 is 2.06 bits per heavy atom. The standard InChI is InChI=1S/C22H27N5O4S/c1-13-12-30-10-9-27(13)21-17-18(22(3,32(4,28)29)11-14(2)31-17)25-20(26-21)16-6-8-24-19-15(16)5-7-23-19/h5-8,13-14H,9-12H2,1-4H3,(H,23,24)/t13-,14?,22?/m1/s1. The summed E-state index contributed by atoms with van der Waals surface area (Å²) in [6, 6.07) is 3.84. The summed E-state index contributed by atoms with van der Waals surface area (Å²) in [6.07, 6.45) is 4.82. The minimum Gasteiger partial charge on any atom is -0.485 e. The van der Waals surface area contributed by atoms with Crippen molar-refractivity contribution in [3.05, 3.63) is 30.2 Å². The third-order valence-electron chi connectivity index (χ3n) is 6.50. The Kier molecular flexibility index (Phi) is 4.90. The largest absolute Gasteiger partial charge is 0.485 e. The van der Waals surface area contributed by atoms with Crippen molar-refractivity contribution in [2.75, 3.05) is 30.9 Å². The van der Waals surface area contributed by atoms with Gasteiger partial charge in [0.15, 0.2) is 27.2 Å². The summed E-state index contributed by atoms with van der Waals surface area (Å²) in [4.78, 5) is 19.4. The zero-order valence-electron chi connectivity index (χ0n) is 18.6. The summed E-state index contributed by atoms with van der Waals surface area (Å²) >= 11 is 0. The van der Waals surface area contributed by atoms with Crippen molar-refractivity contribution in [3.63, 3.8) is 0 Å². The fraction of sp³-hybridized carbons (Fsp3) is 0.500. The van der Waals surface area contributed by atoms with Gasteiger partial charge in [-0.05, 0) is 32.9 Å². The monoisotopic (exact) mass is 457 g/mol. The lowest BCUT2D eigenvalue weighted by atomic mass is 9.94. The highest BCUT2D eigenvalue weighted by atomic mass is 32.2. The van der Waals surface area contributed by atoms with E-state index >= 15 is 0 Å². The van der Waals surface area contributed by atoms with Crippen molar-refractivity contribution in [3.8, 4) is 17.1 Å². The molecule has 0 amide bonds. The van der Waals surface area contributed by atoms with Crippen LogP contribution in [0.4, 0.5) is 5.82 Å². The lowest BCUT2D eigenvalue weighted by molar-refractivity contribution is 0.0971. The average Bonchev–Trinajstić information content (AvgIpc) is 3.22. The number of pyridine rings is 1. The van der Waals surface area contributed by atoms with E-state index in [-0.39, 0.29) is 12.1 Å². The average molecular weight is 458 g/mol. The number of hydrogen-bond donors (Lipinski definition) is 1. The second-order valence-electron chi connectivity index (χ2n) is 8.90. The fourth-order valence-corrected chi connectivity index (χ4v) is 5.66. The first kappa shape index (κ1) is 21.1. The van der Waals surface area contributed by atoms with Crippen molar-refractivity contribution in [2.45, 2.75) is 44.1 Å². The fourth-order valence-electron chi connectivity index (χ4n) is 4.63. The molecule has 0 radical (unpaired) electrons. The molecule has 5 heterocycles. The van der Waals surface area contributed by atoms with E-state index in [2.05, 4.69) is 21.8 Å². The molecule has 0 saturated carbocycles. The maximum absolute atomic E-state index is 13.0. The van der Waals surface area contributed by atoms with Gasteiger partial charge in [0.2, 0.25) is 0 Å². The number of nitrogens with one attached hydrogen (secondary N) is 1. The minimum absolute atomic E-state index is 0.0608. The molecule has 1 saturated heterocycles. The Morgan fingerprint density at radius 1 is 1.25 bits per heavy atom. The Labute approximate surface area is 187 Å². The molecule has 5 rings (SSSR count). The van der Waals surface area contributed by atoms with Crippen LogP contribution in [0.5, 0.6) is 5.75 Å². The van der Waals surface area contributed by atoms with Crippen LogP contribution in [0.25, 0.3) is 22.4 Å². The zero-order valence-corrected chi connectivity index (χ0v) is 19.4. The van der Waals surface area contributed by atoms with Gasteiger partial charge >= 0.3 is 0 Å². The van der Waals surface area contributed by atoms with Gasteiger partial charge in [0.25, 0.3) is 0 Å². The molecule has 0 aromatic carbocycles. The van der Waals surface area contributed by atoms with Crippen LogP contribution in [-0.2, 0) is 19.3 Å². The molecule has 0 aliphatic carbocycles. The molecule has 1 N–H and O–H groups in total. The summed E-state index contributed by atoms with van der Waals surface area (Å²) in [6.45, 7) is 7.44. The van der Waals surface area contributed by atoms with Gasteiger partial charge in [0.1, 0.15) is 16.1 Å². The van der Waals surface area contributed by atoms with Crippen LogP contribution in [0.15, 0.2) is 24.5 Å². The molecular weight excluding hydrogens is 430 g/mol. The van der Waals surface area contributed by atoms with Gasteiger partial charge in [-0.3, -0.25) is 0 Å². The molecule has 3 aromatic heterocycles. The van der Waals surface area contributed by atoms with Crippen LogP contribution < -0.4 is 9.64 Å². The number of morpholine rings is 1. The molecule has 1 fully saturated rings. The van der Waals surface area contributed by atoms with Crippen LogP contribution in [0, 0.1) is 0 Å². The Hall–Kier alpha value is -2.72. The summed E-state index contributed by atoms with van der Waals surface area (Å²) < 4.78 is 36.7. The van der Waals surface area contributed by atoms with Crippen LogP contribution >= 0.6 is 0 Å². The lowest BCUT2D eigenvalue weighted by Crippen LogP contribution is -2.46. The van der Waals surface area contributed by atoms with Crippen LogP contribution in [0.3, 0.4) is 0 Å². The van der Waals surface area contributed by atoms with Gasteiger partial charge in [-0.15, -0.1) is 0 Å². The number of rotatable bonds is 3. The molecule has 10 heteroatoms. The number of fused-ring (bicyclic) bond motifs is 2. The number of anilines is 1. The highest BCUT2D eigenvalue weighted by molar-refractivity contribution is 7.91. The molecule has 2 unspecified atom stereocenters. The number of sulfone groups is 1. The number of aromatic nitrogens is 4. The molecule has 0 bridgehead atoms.